The van der Waals surface area contributed by atoms with Gasteiger partial charge in [-0.25, -0.2) is 4.90 Å². The fraction of sp³-hybridized carbons (Fsp3) is 0.412. The number of ether oxygens (including phenoxy) is 2. The number of fused-ring (bicyclic) bond motifs is 6. The van der Waals surface area contributed by atoms with Gasteiger partial charge in [0.15, 0.2) is 11.5 Å². The number of imide groups is 1. The second-order valence-corrected chi connectivity index (χ2v) is 6.88. The van der Waals surface area contributed by atoms with Crippen LogP contribution in [0.1, 0.15) is 6.42 Å². The molecule has 2 bridgehead atoms. The molecule has 1 aromatic carbocycles. The topological polar surface area (TPSA) is 55.8 Å². The molecule has 2 heterocycles. The third-order valence-electron chi connectivity index (χ3n) is 5.47. The molecule has 1 saturated carbocycles. The summed E-state index contributed by atoms with van der Waals surface area (Å²) < 4.78 is 61.3. The molecule has 0 aromatic heterocycles. The van der Waals surface area contributed by atoms with Crippen molar-refractivity contribution < 1.29 is 36.6 Å². The summed E-state index contributed by atoms with van der Waals surface area (Å²) in [6.45, 7) is 0. The largest absolute Gasteiger partial charge is 0.507 e. The van der Waals surface area contributed by atoms with Gasteiger partial charge in [-0.3, -0.25) is 9.59 Å². The van der Waals surface area contributed by atoms with Crippen LogP contribution < -0.4 is 14.4 Å². The van der Waals surface area contributed by atoms with E-state index in [1.807, 2.05) is 12.2 Å². The lowest BCUT2D eigenvalue weighted by Gasteiger charge is -2.32. The number of carbonyl (C=O) groups excluding carboxylic acids is 2. The Morgan fingerprint density at radius 1 is 0.885 bits per heavy atom. The van der Waals surface area contributed by atoms with Gasteiger partial charge in [0.2, 0.25) is 11.8 Å². The molecule has 1 aromatic rings. The van der Waals surface area contributed by atoms with Crippen LogP contribution in [0.25, 0.3) is 0 Å². The number of hydrogen-bond acceptors (Lipinski definition) is 4. The van der Waals surface area contributed by atoms with Crippen molar-refractivity contribution in [1.29, 1.82) is 0 Å². The van der Waals surface area contributed by atoms with E-state index >= 15 is 0 Å². The third kappa shape index (κ3) is 1.80. The molecule has 2 amide bonds. The van der Waals surface area contributed by atoms with E-state index in [1.54, 1.807) is 0 Å². The van der Waals surface area contributed by atoms with Crippen molar-refractivity contribution in [3.8, 4) is 11.5 Å². The van der Waals surface area contributed by atoms with Crippen molar-refractivity contribution in [3.63, 3.8) is 0 Å². The van der Waals surface area contributed by atoms with Crippen LogP contribution in [0, 0.1) is 23.7 Å². The second kappa shape index (κ2) is 4.57. The van der Waals surface area contributed by atoms with Crippen LogP contribution in [0.2, 0.25) is 0 Å². The SMILES string of the molecule is O=C1C2C3C=CC(C3)C2C(=O)N1c1ccc2c(c1)OC(F)(F)C(F)(F)O2. The molecule has 1 saturated heterocycles. The number of carbonyl (C=O) groups is 2. The minimum atomic E-state index is -4.86. The van der Waals surface area contributed by atoms with Gasteiger partial charge in [-0.2, -0.15) is 17.6 Å². The highest BCUT2D eigenvalue weighted by Crippen LogP contribution is 2.54. The molecule has 26 heavy (non-hydrogen) atoms. The lowest BCUT2D eigenvalue weighted by molar-refractivity contribution is -0.391. The average molecular weight is 369 g/mol. The smallest absolute Gasteiger partial charge is 0.421 e. The molecule has 4 aliphatic rings. The minimum absolute atomic E-state index is 0.00262. The molecule has 136 valence electrons. The van der Waals surface area contributed by atoms with Crippen molar-refractivity contribution >= 4 is 17.5 Å². The third-order valence-corrected chi connectivity index (χ3v) is 5.47. The van der Waals surface area contributed by atoms with Gasteiger partial charge >= 0.3 is 12.2 Å². The van der Waals surface area contributed by atoms with Crippen LogP contribution in [0.4, 0.5) is 23.2 Å². The summed E-state index contributed by atoms with van der Waals surface area (Å²) >= 11 is 0. The van der Waals surface area contributed by atoms with Crippen LogP contribution in [0.5, 0.6) is 11.5 Å². The van der Waals surface area contributed by atoms with Crippen molar-refractivity contribution in [2.24, 2.45) is 23.7 Å². The Bertz CT molecular complexity index is 854. The van der Waals surface area contributed by atoms with Crippen molar-refractivity contribution in [2.45, 2.75) is 18.6 Å². The number of nitrogens with zero attached hydrogens (tertiary/aromatic N) is 1. The summed E-state index contributed by atoms with van der Waals surface area (Å²) in [6.07, 6.45) is -5.08. The number of halogens is 4. The van der Waals surface area contributed by atoms with Crippen LogP contribution in [-0.2, 0) is 9.59 Å². The van der Waals surface area contributed by atoms with Crippen LogP contribution >= 0.6 is 0 Å². The predicted molar refractivity (Wildman–Crippen MR) is 77.8 cm³/mol. The molecule has 0 spiro atoms. The Hall–Kier alpha value is -2.58. The van der Waals surface area contributed by atoms with Gasteiger partial charge in [0, 0.05) is 6.07 Å². The summed E-state index contributed by atoms with van der Waals surface area (Å²) in [5.74, 6) is -3.01. The number of benzene rings is 1. The molecular weight excluding hydrogens is 358 g/mol. The van der Waals surface area contributed by atoms with E-state index in [-0.39, 0.29) is 17.5 Å². The highest BCUT2D eigenvalue weighted by atomic mass is 19.3. The molecule has 4 atom stereocenters. The van der Waals surface area contributed by atoms with E-state index in [9.17, 15) is 27.2 Å². The molecule has 2 fully saturated rings. The Kier molecular flexibility index (Phi) is 2.75. The Morgan fingerprint density at radius 3 is 2.00 bits per heavy atom. The van der Waals surface area contributed by atoms with E-state index < -0.39 is 47.4 Å². The van der Waals surface area contributed by atoms with E-state index in [1.165, 1.54) is 6.07 Å². The van der Waals surface area contributed by atoms with E-state index in [0.717, 1.165) is 23.5 Å². The monoisotopic (exact) mass is 369 g/mol. The maximum atomic E-state index is 13.4. The summed E-state index contributed by atoms with van der Waals surface area (Å²) in [7, 11) is 0. The quantitative estimate of drug-likeness (QED) is 0.434. The molecule has 9 heteroatoms. The number of alkyl halides is 4. The highest BCUT2D eigenvalue weighted by Gasteiger charge is 2.66. The molecule has 5 nitrogen and oxygen atoms in total. The zero-order chi connectivity index (χ0) is 18.4. The normalized spacial score (nSPS) is 35.2. The first kappa shape index (κ1) is 15.7. The zero-order valence-electron chi connectivity index (χ0n) is 13.0. The molecule has 4 unspecified atom stereocenters. The number of hydrogen-bond donors (Lipinski definition) is 0. The van der Waals surface area contributed by atoms with Crippen molar-refractivity contribution in [1.82, 2.24) is 0 Å². The van der Waals surface area contributed by atoms with Crippen molar-refractivity contribution in [3.05, 3.63) is 30.4 Å². The molecule has 0 radical (unpaired) electrons. The maximum Gasteiger partial charge on any atom is 0.507 e. The van der Waals surface area contributed by atoms with E-state index in [2.05, 4.69) is 9.47 Å². The summed E-state index contributed by atoms with van der Waals surface area (Å²) in [5.41, 5.74) is -0.00262. The van der Waals surface area contributed by atoms with E-state index in [0.29, 0.717) is 0 Å². The minimum Gasteiger partial charge on any atom is -0.421 e. The number of anilines is 1. The summed E-state index contributed by atoms with van der Waals surface area (Å²) in [6, 6.07) is 3.13. The molecule has 2 aliphatic heterocycles. The molecule has 5 rings (SSSR count). The van der Waals surface area contributed by atoms with Gasteiger partial charge in [-0.05, 0) is 30.4 Å². The van der Waals surface area contributed by atoms with Gasteiger partial charge in [0.05, 0.1) is 17.5 Å². The number of allylic oxidation sites excluding steroid dienone is 2. The highest BCUT2D eigenvalue weighted by molar-refractivity contribution is 6.22. The fourth-order valence-electron chi connectivity index (χ4n) is 4.35. The van der Waals surface area contributed by atoms with Crippen molar-refractivity contribution in [2.75, 3.05) is 4.90 Å². The molecule has 0 N–H and O–H groups in total. The van der Waals surface area contributed by atoms with Gasteiger partial charge in [-0.15, -0.1) is 0 Å². The molecular formula is C17H11F4NO4. The second-order valence-electron chi connectivity index (χ2n) is 6.88. The van der Waals surface area contributed by atoms with Gasteiger partial charge < -0.3 is 9.47 Å². The maximum absolute atomic E-state index is 13.4. The van der Waals surface area contributed by atoms with Gasteiger partial charge in [0.25, 0.3) is 0 Å². The van der Waals surface area contributed by atoms with Crippen LogP contribution in [0.3, 0.4) is 0 Å². The summed E-state index contributed by atoms with van der Waals surface area (Å²) in [5, 5.41) is 0. The van der Waals surface area contributed by atoms with Crippen LogP contribution in [0.15, 0.2) is 30.4 Å². The van der Waals surface area contributed by atoms with Gasteiger partial charge in [0.1, 0.15) is 0 Å². The first-order chi connectivity index (χ1) is 12.2. The van der Waals surface area contributed by atoms with E-state index in [4.69, 9.17) is 0 Å². The zero-order valence-corrected chi connectivity index (χ0v) is 13.0. The predicted octanol–water partition coefficient (Wildman–Crippen LogP) is 2.95. The fourth-order valence-corrected chi connectivity index (χ4v) is 4.35. The Labute approximate surface area is 144 Å². The first-order valence-electron chi connectivity index (χ1n) is 8.03. The lowest BCUT2D eigenvalue weighted by Crippen LogP contribution is -2.52. The summed E-state index contributed by atoms with van der Waals surface area (Å²) in [4.78, 5) is 26.4. The Morgan fingerprint density at radius 2 is 1.42 bits per heavy atom. The van der Waals surface area contributed by atoms with Crippen LogP contribution in [-0.4, -0.2) is 24.0 Å². The lowest BCUT2D eigenvalue weighted by atomic mass is 9.85. The average Bonchev–Trinajstić information content (AvgIpc) is 3.22. The molecule has 2 aliphatic carbocycles. The number of rotatable bonds is 1. The first-order valence-corrected chi connectivity index (χ1v) is 8.03. The van der Waals surface area contributed by atoms with Gasteiger partial charge in [-0.1, -0.05) is 12.2 Å². The Balaban J connectivity index is 1.51. The standard InChI is InChI=1S/C17H11F4NO4/c18-16(19)17(20,21)26-11-6-9(3-4-10(11)25-16)22-14(23)12-7-1-2-8(5-7)13(12)15(22)24/h1-4,6-8,12-13H,5H2. The number of amides is 2.